The summed E-state index contributed by atoms with van der Waals surface area (Å²) in [6, 6.07) is 6.22. The molecule has 2 aromatic rings. The predicted octanol–water partition coefficient (Wildman–Crippen LogP) is 11.0. The fourth-order valence-corrected chi connectivity index (χ4v) is 9.01. The van der Waals surface area contributed by atoms with E-state index in [1.165, 1.54) is 31.3 Å². The highest BCUT2D eigenvalue weighted by atomic mass is 16.5. The molecule has 306 valence electrons. The minimum Gasteiger partial charge on any atom is -0.469 e. The molecule has 0 fully saturated rings. The predicted molar refractivity (Wildman–Crippen MR) is 228 cm³/mol. The summed E-state index contributed by atoms with van der Waals surface area (Å²) in [6.07, 6.45) is 10.8. The molecule has 10 nitrogen and oxygen atoms in total. The van der Waals surface area contributed by atoms with Gasteiger partial charge in [0.25, 0.3) is 11.8 Å². The number of methoxy groups -OCH3 is 1. The van der Waals surface area contributed by atoms with Gasteiger partial charge in [0, 0.05) is 53.9 Å². The molecule has 3 atom stereocenters. The molecule has 0 aromatic carbocycles. The summed E-state index contributed by atoms with van der Waals surface area (Å²) in [7, 11) is 1.40. The quantitative estimate of drug-likeness (QED) is 0.0929. The molecular formula is C47H63N5O5. The summed E-state index contributed by atoms with van der Waals surface area (Å²) in [5, 5.41) is 0. The van der Waals surface area contributed by atoms with E-state index in [9.17, 15) is 14.4 Å². The molecular weight excluding hydrogens is 715 g/mol. The Morgan fingerprint density at radius 2 is 1.49 bits per heavy atom. The third kappa shape index (κ3) is 8.38. The van der Waals surface area contributed by atoms with Gasteiger partial charge >= 0.3 is 5.97 Å². The standard InChI is InChI=1S/C47H63N5O5/c1-10-13-15-17-19-23-57-31(8)41-29(6)36-24-35-28(5)33(20-21-40(53)56-9)44(50-35)43-45-42(46(54)52(47(43)55)22-18-16-14-11-2)30(7)37(51-45)25-38-32(12-3)27(4)34(48-38)26-39(41)49-36/h24-26,28,31,33,50-51H,10-23H2,1-9H3/t28-,31+,33-/m0/s1. The SMILES string of the molecule is CCCCCCCO[C@H](C)C1=C(C)c2cc3[nH]c(c4c5[nH]c(cc6nc(cc1n2)C(C)=C6CC)c(C)c5C(=O)N(CCCCCC)C4=O)[C@@H](CCC(=O)OC)[C@@H]3C. The Kier molecular flexibility index (Phi) is 13.5. The summed E-state index contributed by atoms with van der Waals surface area (Å²) in [5.41, 5.74) is 12.3. The zero-order chi connectivity index (χ0) is 41.0. The van der Waals surface area contributed by atoms with Crippen LogP contribution in [0.4, 0.5) is 0 Å². The highest BCUT2D eigenvalue weighted by Crippen LogP contribution is 2.45. The van der Waals surface area contributed by atoms with Crippen molar-refractivity contribution in [2.45, 2.75) is 150 Å². The molecule has 0 saturated heterocycles. The van der Waals surface area contributed by atoms with Gasteiger partial charge in [0.2, 0.25) is 0 Å². The lowest BCUT2D eigenvalue weighted by Crippen LogP contribution is -2.41. The van der Waals surface area contributed by atoms with Gasteiger partial charge in [0.15, 0.2) is 0 Å². The number of aryl methyl sites for hydroxylation is 1. The average molecular weight is 778 g/mol. The number of carbonyl (C=O) groups is 3. The lowest BCUT2D eigenvalue weighted by molar-refractivity contribution is -0.140. The number of fused-ring (bicyclic) bond motifs is 8. The Morgan fingerprint density at radius 3 is 2.19 bits per heavy atom. The van der Waals surface area contributed by atoms with Crippen LogP contribution in [-0.2, 0) is 14.3 Å². The summed E-state index contributed by atoms with van der Waals surface area (Å²) >= 11 is 0. The summed E-state index contributed by atoms with van der Waals surface area (Å²) in [6.45, 7) is 18.0. The number of aromatic amines is 2. The summed E-state index contributed by atoms with van der Waals surface area (Å²) < 4.78 is 11.6. The molecule has 4 aliphatic heterocycles. The van der Waals surface area contributed by atoms with E-state index in [0.29, 0.717) is 41.9 Å². The first kappa shape index (κ1) is 42.0. The molecule has 10 heteroatoms. The molecule has 57 heavy (non-hydrogen) atoms. The van der Waals surface area contributed by atoms with Gasteiger partial charge in [-0.25, -0.2) is 9.97 Å². The Morgan fingerprint density at radius 1 is 0.825 bits per heavy atom. The van der Waals surface area contributed by atoms with Crippen LogP contribution in [0, 0.1) is 6.92 Å². The van der Waals surface area contributed by atoms with Crippen LogP contribution in [0.3, 0.4) is 0 Å². The van der Waals surface area contributed by atoms with Gasteiger partial charge < -0.3 is 19.4 Å². The first-order valence-corrected chi connectivity index (χ1v) is 21.5. The molecule has 2 amide bonds. The van der Waals surface area contributed by atoms with Crippen molar-refractivity contribution < 1.29 is 23.9 Å². The van der Waals surface area contributed by atoms with Crippen LogP contribution < -0.4 is 0 Å². The molecule has 6 heterocycles. The van der Waals surface area contributed by atoms with Gasteiger partial charge in [-0.1, -0.05) is 72.6 Å². The number of aromatic nitrogens is 4. The maximum absolute atomic E-state index is 14.8. The first-order chi connectivity index (χ1) is 27.4. The molecule has 2 N–H and O–H groups in total. The number of unbranched alkanes of at least 4 members (excludes halogenated alkanes) is 7. The maximum Gasteiger partial charge on any atom is 0.305 e. The van der Waals surface area contributed by atoms with Crippen LogP contribution in [-0.4, -0.2) is 69.0 Å². The van der Waals surface area contributed by atoms with Gasteiger partial charge in [0.1, 0.15) is 0 Å². The smallest absolute Gasteiger partial charge is 0.305 e. The van der Waals surface area contributed by atoms with E-state index < -0.39 is 0 Å². The number of amides is 2. The number of H-pyrrole nitrogens is 2. The fraction of sp³-hybridized carbons (Fsp3) is 0.553. The van der Waals surface area contributed by atoms with Crippen LogP contribution >= 0.6 is 0 Å². The minimum absolute atomic E-state index is 0.0983. The molecule has 0 aliphatic carbocycles. The third-order valence-corrected chi connectivity index (χ3v) is 12.5. The Bertz CT molecular complexity index is 2150. The van der Waals surface area contributed by atoms with Crippen molar-refractivity contribution in [1.82, 2.24) is 24.8 Å². The van der Waals surface area contributed by atoms with Crippen molar-refractivity contribution in [2.75, 3.05) is 20.3 Å². The van der Waals surface area contributed by atoms with Gasteiger partial charge in [-0.15, -0.1) is 0 Å². The number of rotatable bonds is 17. The molecule has 0 unspecified atom stereocenters. The average Bonchev–Trinajstić information content (AvgIpc) is 3.87. The first-order valence-electron chi connectivity index (χ1n) is 21.5. The van der Waals surface area contributed by atoms with Crippen LogP contribution in [0.5, 0.6) is 0 Å². The normalized spacial score (nSPS) is 17.8. The molecule has 2 aromatic heterocycles. The topological polar surface area (TPSA) is 130 Å². The van der Waals surface area contributed by atoms with Crippen molar-refractivity contribution >= 4 is 51.1 Å². The second-order valence-corrected chi connectivity index (χ2v) is 16.2. The van der Waals surface area contributed by atoms with E-state index in [2.05, 4.69) is 70.6 Å². The van der Waals surface area contributed by atoms with Crippen molar-refractivity contribution in [3.05, 3.63) is 69.1 Å². The van der Waals surface area contributed by atoms with E-state index in [1.807, 2.05) is 13.0 Å². The minimum atomic E-state index is -0.321. The number of hydrogen-bond acceptors (Lipinski definition) is 7. The monoisotopic (exact) mass is 777 g/mol. The number of ether oxygens (including phenoxy) is 2. The second kappa shape index (κ2) is 18.3. The van der Waals surface area contributed by atoms with E-state index in [-0.39, 0.29) is 42.1 Å². The summed E-state index contributed by atoms with van der Waals surface area (Å²) in [4.78, 5) is 61.0. The van der Waals surface area contributed by atoms with Crippen LogP contribution in [0.15, 0.2) is 18.2 Å². The number of allylic oxidation sites excluding steroid dienone is 3. The lowest BCUT2D eigenvalue weighted by atomic mass is 9.84. The number of imide groups is 1. The summed E-state index contributed by atoms with van der Waals surface area (Å²) in [5.74, 6) is -1.23. The Labute approximate surface area is 338 Å². The number of esters is 1. The van der Waals surface area contributed by atoms with Gasteiger partial charge in [-0.05, 0) is 93.9 Å². The number of nitrogens with zero attached hydrogens (tertiary/aromatic N) is 3. The Balaban J connectivity index is 1.62. The van der Waals surface area contributed by atoms with Crippen molar-refractivity contribution in [3.8, 4) is 0 Å². The van der Waals surface area contributed by atoms with Crippen LogP contribution in [0.1, 0.15) is 198 Å². The van der Waals surface area contributed by atoms with Crippen molar-refractivity contribution in [3.63, 3.8) is 0 Å². The lowest BCUT2D eigenvalue weighted by Gasteiger charge is -2.27. The van der Waals surface area contributed by atoms with Crippen molar-refractivity contribution in [1.29, 1.82) is 0 Å². The van der Waals surface area contributed by atoms with E-state index >= 15 is 0 Å². The van der Waals surface area contributed by atoms with E-state index in [1.54, 1.807) is 0 Å². The van der Waals surface area contributed by atoms with Crippen LogP contribution in [0.25, 0.3) is 33.3 Å². The molecule has 0 saturated carbocycles. The van der Waals surface area contributed by atoms with Gasteiger partial charge in [-0.3, -0.25) is 19.3 Å². The number of nitrogens with one attached hydrogen (secondary N) is 2. The van der Waals surface area contributed by atoms with E-state index in [4.69, 9.17) is 19.4 Å². The second-order valence-electron chi connectivity index (χ2n) is 16.2. The molecule has 6 rings (SSSR count). The van der Waals surface area contributed by atoms with Crippen LogP contribution in [0.2, 0.25) is 0 Å². The van der Waals surface area contributed by atoms with E-state index in [0.717, 1.165) is 107 Å². The molecule has 0 spiro atoms. The highest BCUT2D eigenvalue weighted by Gasteiger charge is 2.40. The fourth-order valence-electron chi connectivity index (χ4n) is 9.01. The third-order valence-electron chi connectivity index (χ3n) is 12.5. The van der Waals surface area contributed by atoms with Gasteiger partial charge in [-0.2, -0.15) is 0 Å². The number of hydrogen-bond donors (Lipinski definition) is 2. The number of carbonyl (C=O) groups excluding carboxylic acids is 3. The zero-order valence-electron chi connectivity index (χ0n) is 35.7. The van der Waals surface area contributed by atoms with Crippen molar-refractivity contribution in [2.24, 2.45) is 0 Å². The molecule has 0 radical (unpaired) electrons. The Hall–Kier alpha value is -4.57. The largest absolute Gasteiger partial charge is 0.469 e. The molecule has 8 bridgehead atoms. The highest BCUT2D eigenvalue weighted by molar-refractivity contribution is 6.23. The molecule has 4 aliphatic rings. The maximum atomic E-state index is 14.8. The zero-order valence-corrected chi connectivity index (χ0v) is 35.7. The van der Waals surface area contributed by atoms with Gasteiger partial charge in [0.05, 0.1) is 52.6 Å².